The van der Waals surface area contributed by atoms with E-state index in [4.69, 9.17) is 16.8 Å². The Kier molecular flexibility index (Phi) is 5.48. The van der Waals surface area contributed by atoms with Gasteiger partial charge in [-0.3, -0.25) is 4.55 Å². The second-order valence-corrected chi connectivity index (χ2v) is 8.99. The molecule has 0 aromatic heterocycles. The molecule has 2 aromatic carbocycles. The van der Waals surface area contributed by atoms with Crippen LogP contribution in [0.2, 0.25) is 0 Å². The summed E-state index contributed by atoms with van der Waals surface area (Å²) in [5.74, 6) is -0.250. The van der Waals surface area contributed by atoms with Crippen molar-refractivity contribution in [2.45, 2.75) is 24.7 Å². The predicted octanol–water partition coefficient (Wildman–Crippen LogP) is 4.65. The zero-order valence-electron chi connectivity index (χ0n) is 13.8. The van der Waals surface area contributed by atoms with Gasteiger partial charge < -0.3 is 4.90 Å². The molecule has 0 aliphatic carbocycles. The molecular formula is C18H19NO3S3. The largest absolute Gasteiger partial charge is 0.334 e. The highest BCUT2D eigenvalue weighted by atomic mass is 32.2. The lowest BCUT2D eigenvalue weighted by molar-refractivity contribution is 0.481. The van der Waals surface area contributed by atoms with Crippen LogP contribution in [-0.2, 0) is 10.1 Å². The summed E-state index contributed by atoms with van der Waals surface area (Å²) in [6.45, 7) is 2.52. The van der Waals surface area contributed by atoms with Gasteiger partial charge in [0.15, 0.2) is 0 Å². The number of fused-ring (bicyclic) bond motifs is 3. The molecule has 2 aromatic rings. The van der Waals surface area contributed by atoms with Gasteiger partial charge in [0.1, 0.15) is 0 Å². The Balaban J connectivity index is 2.01. The Morgan fingerprint density at radius 1 is 1.28 bits per heavy atom. The van der Waals surface area contributed by atoms with E-state index in [1.165, 1.54) is 0 Å². The SMILES string of the molecule is CCC(=S)/C=C1\Sc2ccc3ccccc3c2N1CCCS(=O)(=O)O. The number of thiocarbonyl (C=S) groups is 1. The van der Waals surface area contributed by atoms with E-state index in [0.717, 1.165) is 37.7 Å². The molecule has 1 aliphatic heterocycles. The van der Waals surface area contributed by atoms with Crippen molar-refractivity contribution in [2.24, 2.45) is 0 Å². The van der Waals surface area contributed by atoms with E-state index in [-0.39, 0.29) is 5.75 Å². The van der Waals surface area contributed by atoms with E-state index >= 15 is 0 Å². The van der Waals surface area contributed by atoms with Gasteiger partial charge in [-0.25, -0.2) is 0 Å². The number of hydrogen-bond acceptors (Lipinski definition) is 5. The minimum atomic E-state index is -3.96. The first-order valence-electron chi connectivity index (χ1n) is 8.06. The molecule has 3 rings (SSSR count). The average molecular weight is 394 g/mol. The number of anilines is 1. The molecule has 0 bridgehead atoms. The zero-order valence-corrected chi connectivity index (χ0v) is 16.3. The van der Waals surface area contributed by atoms with Gasteiger partial charge in [-0.2, -0.15) is 8.42 Å². The Morgan fingerprint density at radius 2 is 2.04 bits per heavy atom. The molecule has 7 heteroatoms. The quantitative estimate of drug-likeness (QED) is 0.438. The number of nitrogens with zero attached hydrogens (tertiary/aromatic N) is 1. The summed E-state index contributed by atoms with van der Waals surface area (Å²) in [5.41, 5.74) is 1.09. The predicted molar refractivity (Wildman–Crippen MR) is 109 cm³/mol. The van der Waals surface area contributed by atoms with Crippen molar-refractivity contribution in [3.05, 3.63) is 47.5 Å². The van der Waals surface area contributed by atoms with E-state index in [2.05, 4.69) is 29.2 Å². The molecule has 0 spiro atoms. The van der Waals surface area contributed by atoms with Crippen LogP contribution < -0.4 is 4.90 Å². The lowest BCUT2D eigenvalue weighted by Crippen LogP contribution is -2.22. The smallest absolute Gasteiger partial charge is 0.264 e. The minimum Gasteiger partial charge on any atom is -0.334 e. The second kappa shape index (κ2) is 7.45. The molecule has 0 saturated heterocycles. The van der Waals surface area contributed by atoms with E-state index in [0.29, 0.717) is 13.0 Å². The van der Waals surface area contributed by atoms with Gasteiger partial charge in [0, 0.05) is 21.7 Å². The average Bonchev–Trinajstić information content (AvgIpc) is 2.91. The number of benzene rings is 2. The highest BCUT2D eigenvalue weighted by molar-refractivity contribution is 8.03. The Labute approximate surface area is 157 Å². The van der Waals surface area contributed by atoms with Gasteiger partial charge in [-0.15, -0.1) is 0 Å². The van der Waals surface area contributed by atoms with Crippen LogP contribution in [0.3, 0.4) is 0 Å². The molecule has 0 radical (unpaired) electrons. The Morgan fingerprint density at radius 3 is 2.76 bits per heavy atom. The summed E-state index contributed by atoms with van der Waals surface area (Å²) in [5, 5.41) is 3.28. The normalized spacial score (nSPS) is 15.8. The van der Waals surface area contributed by atoms with E-state index in [9.17, 15) is 8.42 Å². The first-order valence-corrected chi connectivity index (χ1v) is 10.9. The topological polar surface area (TPSA) is 57.6 Å². The number of thioether (sulfide) groups is 1. The molecule has 1 aliphatic rings. The highest BCUT2D eigenvalue weighted by Crippen LogP contribution is 2.49. The molecule has 25 heavy (non-hydrogen) atoms. The van der Waals surface area contributed by atoms with Crippen LogP contribution in [0.5, 0.6) is 0 Å². The van der Waals surface area contributed by atoms with Gasteiger partial charge in [-0.05, 0) is 30.4 Å². The summed E-state index contributed by atoms with van der Waals surface area (Å²) in [4.78, 5) is 4.12. The molecule has 0 fully saturated rings. The van der Waals surface area contributed by atoms with Crippen LogP contribution in [0, 0.1) is 0 Å². The highest BCUT2D eigenvalue weighted by Gasteiger charge is 2.27. The fourth-order valence-electron chi connectivity index (χ4n) is 2.85. The van der Waals surface area contributed by atoms with E-state index in [1.54, 1.807) is 11.8 Å². The number of hydrogen-bond donors (Lipinski definition) is 1. The molecule has 0 atom stereocenters. The van der Waals surface area contributed by atoms with Crippen LogP contribution in [0.1, 0.15) is 19.8 Å². The van der Waals surface area contributed by atoms with Gasteiger partial charge in [-0.1, -0.05) is 61.2 Å². The molecule has 1 N–H and O–H groups in total. The minimum absolute atomic E-state index is 0.250. The molecule has 0 unspecified atom stereocenters. The second-order valence-electron chi connectivity index (χ2n) is 5.83. The summed E-state index contributed by atoms with van der Waals surface area (Å²) in [6.07, 6.45) is 3.12. The molecule has 1 heterocycles. The van der Waals surface area contributed by atoms with Crippen molar-refractivity contribution in [3.8, 4) is 0 Å². The molecule has 0 amide bonds. The Hall–Kier alpha value is -1.41. The first-order chi connectivity index (χ1) is 11.9. The van der Waals surface area contributed by atoms with Crippen molar-refractivity contribution in [2.75, 3.05) is 17.2 Å². The summed E-state index contributed by atoms with van der Waals surface area (Å²) < 4.78 is 31.2. The van der Waals surface area contributed by atoms with Crippen molar-refractivity contribution in [1.82, 2.24) is 0 Å². The maximum atomic E-state index is 11.1. The number of rotatable bonds is 6. The van der Waals surface area contributed by atoms with Crippen LogP contribution in [0.4, 0.5) is 5.69 Å². The van der Waals surface area contributed by atoms with Crippen LogP contribution in [0.25, 0.3) is 10.8 Å². The lowest BCUT2D eigenvalue weighted by Gasteiger charge is -2.22. The molecule has 0 saturated carbocycles. The Bertz CT molecular complexity index is 951. The van der Waals surface area contributed by atoms with Gasteiger partial charge in [0.25, 0.3) is 10.1 Å². The van der Waals surface area contributed by atoms with Gasteiger partial charge in [0.2, 0.25) is 0 Å². The summed E-state index contributed by atoms with van der Waals surface area (Å²) in [7, 11) is -3.96. The summed E-state index contributed by atoms with van der Waals surface area (Å²) >= 11 is 7.02. The summed E-state index contributed by atoms with van der Waals surface area (Å²) in [6, 6.07) is 12.3. The zero-order chi connectivity index (χ0) is 18.0. The van der Waals surface area contributed by atoms with Crippen molar-refractivity contribution in [1.29, 1.82) is 0 Å². The van der Waals surface area contributed by atoms with Crippen LogP contribution >= 0.6 is 24.0 Å². The van der Waals surface area contributed by atoms with Crippen LogP contribution in [0.15, 0.2) is 52.4 Å². The molecule has 132 valence electrons. The van der Waals surface area contributed by atoms with E-state index in [1.807, 2.05) is 25.1 Å². The molecule has 4 nitrogen and oxygen atoms in total. The maximum absolute atomic E-state index is 11.1. The third kappa shape index (κ3) is 4.23. The van der Waals surface area contributed by atoms with Crippen molar-refractivity contribution < 1.29 is 13.0 Å². The number of allylic oxidation sites excluding steroid dienone is 1. The van der Waals surface area contributed by atoms with Gasteiger partial charge >= 0.3 is 0 Å². The fraction of sp³-hybridized carbons (Fsp3) is 0.278. The monoisotopic (exact) mass is 393 g/mol. The van der Waals surface area contributed by atoms with Crippen LogP contribution in [-0.4, -0.2) is 30.1 Å². The fourth-order valence-corrected chi connectivity index (χ4v) is 4.70. The molecular weight excluding hydrogens is 374 g/mol. The third-order valence-electron chi connectivity index (χ3n) is 4.03. The van der Waals surface area contributed by atoms with E-state index < -0.39 is 10.1 Å². The first kappa shape index (κ1) is 18.4. The van der Waals surface area contributed by atoms with Gasteiger partial charge in [0.05, 0.1) is 16.5 Å². The van der Waals surface area contributed by atoms with Crippen molar-refractivity contribution >= 4 is 55.4 Å². The van der Waals surface area contributed by atoms with Crippen molar-refractivity contribution in [3.63, 3.8) is 0 Å². The maximum Gasteiger partial charge on any atom is 0.264 e. The third-order valence-corrected chi connectivity index (χ3v) is 6.34. The lowest BCUT2D eigenvalue weighted by atomic mass is 10.1. The standard InChI is InChI=1S/C18H19NO3S3/c1-2-14(23)12-17-19(10-5-11-25(20,21)22)18-15-7-4-3-6-13(15)8-9-16(18)24-17/h3-4,6-9,12H,2,5,10-11H2,1H3,(H,20,21,22)/b17-12-.